The maximum atomic E-state index is 11.8. The highest BCUT2D eigenvalue weighted by Crippen LogP contribution is 2.26. The zero-order chi connectivity index (χ0) is 15.0. The summed E-state index contributed by atoms with van der Waals surface area (Å²) >= 11 is 0. The normalized spacial score (nSPS) is 10.6. The van der Waals surface area contributed by atoms with Crippen LogP contribution in [0.3, 0.4) is 0 Å². The third-order valence-electron chi connectivity index (χ3n) is 2.64. The molecular formula is C15H18N2O3. The number of rotatable bonds is 6. The lowest BCUT2D eigenvalue weighted by Crippen LogP contribution is -2.25. The molecule has 0 saturated heterocycles. The van der Waals surface area contributed by atoms with Gasteiger partial charge in [-0.15, -0.1) is 0 Å². The van der Waals surface area contributed by atoms with Gasteiger partial charge < -0.3 is 14.8 Å². The largest absolute Gasteiger partial charge is 0.497 e. The van der Waals surface area contributed by atoms with Crippen LogP contribution in [0.2, 0.25) is 0 Å². The van der Waals surface area contributed by atoms with Gasteiger partial charge in [0, 0.05) is 12.1 Å². The summed E-state index contributed by atoms with van der Waals surface area (Å²) in [5.74, 6) is 0.810. The van der Waals surface area contributed by atoms with Crippen molar-refractivity contribution >= 4 is 12.0 Å². The molecule has 0 saturated carbocycles. The van der Waals surface area contributed by atoms with E-state index in [1.807, 2.05) is 13.0 Å². The fourth-order valence-corrected chi connectivity index (χ4v) is 1.59. The van der Waals surface area contributed by atoms with E-state index in [2.05, 4.69) is 5.32 Å². The molecule has 0 unspecified atom stereocenters. The van der Waals surface area contributed by atoms with Gasteiger partial charge in [0.1, 0.15) is 23.1 Å². The number of hydrogen-bond acceptors (Lipinski definition) is 4. The molecule has 0 atom stereocenters. The summed E-state index contributed by atoms with van der Waals surface area (Å²) in [5.41, 5.74) is 0.653. The molecule has 20 heavy (non-hydrogen) atoms. The SMILES string of the molecule is CCCNC(=O)/C(C#N)=C\c1cc(OC)ccc1OC. The van der Waals surface area contributed by atoms with Gasteiger partial charge in [0.05, 0.1) is 14.2 Å². The molecule has 1 aromatic rings. The molecule has 106 valence electrons. The van der Waals surface area contributed by atoms with Gasteiger partial charge in [0.2, 0.25) is 0 Å². The minimum Gasteiger partial charge on any atom is -0.497 e. The quantitative estimate of drug-likeness (QED) is 0.637. The van der Waals surface area contributed by atoms with E-state index in [4.69, 9.17) is 14.7 Å². The molecule has 0 radical (unpaired) electrons. The van der Waals surface area contributed by atoms with Gasteiger partial charge in [-0.2, -0.15) is 5.26 Å². The Balaban J connectivity index is 3.11. The fourth-order valence-electron chi connectivity index (χ4n) is 1.59. The third kappa shape index (κ3) is 4.02. The zero-order valence-electron chi connectivity index (χ0n) is 11.9. The standard InChI is InChI=1S/C15H18N2O3/c1-4-7-17-15(18)12(10-16)8-11-9-13(19-2)5-6-14(11)20-3/h5-6,8-9H,4,7H2,1-3H3,(H,17,18)/b12-8-. The molecule has 1 amide bonds. The fraction of sp³-hybridized carbons (Fsp3) is 0.333. The Hall–Kier alpha value is -2.48. The number of hydrogen-bond donors (Lipinski definition) is 1. The van der Waals surface area contributed by atoms with Crippen LogP contribution in [-0.2, 0) is 4.79 Å². The van der Waals surface area contributed by atoms with Gasteiger partial charge >= 0.3 is 0 Å². The highest BCUT2D eigenvalue weighted by molar-refractivity contribution is 6.02. The molecule has 5 nitrogen and oxygen atoms in total. The van der Waals surface area contributed by atoms with Crippen LogP contribution in [0.15, 0.2) is 23.8 Å². The van der Waals surface area contributed by atoms with Crippen molar-refractivity contribution in [1.82, 2.24) is 5.32 Å². The first-order chi connectivity index (χ1) is 9.65. The predicted molar refractivity (Wildman–Crippen MR) is 76.4 cm³/mol. The number of nitrogens with zero attached hydrogens (tertiary/aromatic N) is 1. The number of carbonyl (C=O) groups is 1. The van der Waals surface area contributed by atoms with Crippen LogP contribution >= 0.6 is 0 Å². The minimum atomic E-state index is -0.390. The molecular weight excluding hydrogens is 256 g/mol. The van der Waals surface area contributed by atoms with Crippen molar-refractivity contribution in [2.75, 3.05) is 20.8 Å². The molecule has 0 aliphatic rings. The third-order valence-corrected chi connectivity index (χ3v) is 2.64. The summed E-state index contributed by atoms with van der Waals surface area (Å²) < 4.78 is 10.3. The summed E-state index contributed by atoms with van der Waals surface area (Å²) in [6.07, 6.45) is 2.30. The van der Waals surface area contributed by atoms with E-state index in [1.165, 1.54) is 13.2 Å². The Morgan fingerprint density at radius 2 is 2.15 bits per heavy atom. The molecule has 0 aromatic heterocycles. The zero-order valence-corrected chi connectivity index (χ0v) is 11.9. The maximum absolute atomic E-state index is 11.8. The second kappa shape index (κ2) is 7.85. The highest BCUT2D eigenvalue weighted by Gasteiger charge is 2.10. The molecule has 1 aromatic carbocycles. The Kier molecular flexibility index (Phi) is 6.11. The minimum absolute atomic E-state index is 0.0324. The van der Waals surface area contributed by atoms with Gasteiger partial charge in [-0.3, -0.25) is 4.79 Å². The van der Waals surface area contributed by atoms with Gasteiger partial charge in [-0.25, -0.2) is 0 Å². The summed E-state index contributed by atoms with van der Waals surface area (Å²) in [7, 11) is 3.08. The van der Waals surface area contributed by atoms with Crippen LogP contribution in [0.5, 0.6) is 11.5 Å². The number of amides is 1. The first-order valence-electron chi connectivity index (χ1n) is 6.28. The van der Waals surface area contributed by atoms with Crippen molar-refractivity contribution in [2.24, 2.45) is 0 Å². The van der Waals surface area contributed by atoms with Gasteiger partial charge in [0.15, 0.2) is 0 Å². The van der Waals surface area contributed by atoms with Crippen LogP contribution in [-0.4, -0.2) is 26.7 Å². The Morgan fingerprint density at radius 3 is 2.70 bits per heavy atom. The lowest BCUT2D eigenvalue weighted by atomic mass is 10.1. The molecule has 0 spiro atoms. The number of nitriles is 1. The van der Waals surface area contributed by atoms with Crippen molar-refractivity contribution in [3.8, 4) is 17.6 Å². The van der Waals surface area contributed by atoms with E-state index in [0.717, 1.165) is 6.42 Å². The van der Waals surface area contributed by atoms with Crippen molar-refractivity contribution in [3.63, 3.8) is 0 Å². The first kappa shape index (κ1) is 15.6. The highest BCUT2D eigenvalue weighted by atomic mass is 16.5. The van der Waals surface area contributed by atoms with E-state index in [1.54, 1.807) is 25.3 Å². The van der Waals surface area contributed by atoms with Crippen molar-refractivity contribution in [2.45, 2.75) is 13.3 Å². The van der Waals surface area contributed by atoms with Crippen LogP contribution in [0.1, 0.15) is 18.9 Å². The lowest BCUT2D eigenvalue weighted by Gasteiger charge is -2.08. The average molecular weight is 274 g/mol. The van der Waals surface area contributed by atoms with Gasteiger partial charge in [-0.1, -0.05) is 6.92 Å². The topological polar surface area (TPSA) is 71.4 Å². The molecule has 0 heterocycles. The monoisotopic (exact) mass is 274 g/mol. The lowest BCUT2D eigenvalue weighted by molar-refractivity contribution is -0.117. The summed E-state index contributed by atoms with van der Waals surface area (Å²) in [6, 6.07) is 7.09. The molecule has 1 rings (SSSR count). The van der Waals surface area contributed by atoms with E-state index in [0.29, 0.717) is 23.6 Å². The molecule has 0 bridgehead atoms. The Labute approximate surface area is 118 Å². The molecule has 1 N–H and O–H groups in total. The Bertz CT molecular complexity index is 545. The average Bonchev–Trinajstić information content (AvgIpc) is 2.49. The number of nitrogens with one attached hydrogen (secondary N) is 1. The molecule has 0 fully saturated rings. The molecule has 0 aliphatic carbocycles. The smallest absolute Gasteiger partial charge is 0.261 e. The second-order valence-electron chi connectivity index (χ2n) is 4.03. The number of ether oxygens (including phenoxy) is 2. The van der Waals surface area contributed by atoms with Crippen LogP contribution in [0, 0.1) is 11.3 Å². The summed E-state index contributed by atoms with van der Waals surface area (Å²) in [4.78, 5) is 11.8. The van der Waals surface area contributed by atoms with Crippen molar-refractivity contribution in [1.29, 1.82) is 5.26 Å². The Morgan fingerprint density at radius 1 is 1.40 bits per heavy atom. The van der Waals surface area contributed by atoms with E-state index < -0.39 is 0 Å². The van der Waals surface area contributed by atoms with Crippen LogP contribution in [0.4, 0.5) is 0 Å². The first-order valence-corrected chi connectivity index (χ1v) is 6.28. The van der Waals surface area contributed by atoms with E-state index in [-0.39, 0.29) is 11.5 Å². The van der Waals surface area contributed by atoms with Crippen molar-refractivity contribution in [3.05, 3.63) is 29.3 Å². The molecule has 0 aliphatic heterocycles. The van der Waals surface area contributed by atoms with Crippen LogP contribution < -0.4 is 14.8 Å². The van der Waals surface area contributed by atoms with Crippen molar-refractivity contribution < 1.29 is 14.3 Å². The van der Waals surface area contributed by atoms with E-state index >= 15 is 0 Å². The summed E-state index contributed by atoms with van der Waals surface area (Å²) in [5, 5.41) is 11.8. The van der Waals surface area contributed by atoms with Crippen LogP contribution in [0.25, 0.3) is 6.08 Å². The number of methoxy groups -OCH3 is 2. The predicted octanol–water partition coefficient (Wildman–Crippen LogP) is 2.14. The van der Waals surface area contributed by atoms with E-state index in [9.17, 15) is 4.79 Å². The van der Waals surface area contributed by atoms with Gasteiger partial charge in [0.25, 0.3) is 5.91 Å². The summed E-state index contributed by atoms with van der Waals surface area (Å²) in [6.45, 7) is 2.48. The van der Waals surface area contributed by atoms with Gasteiger partial charge in [-0.05, 0) is 30.7 Å². The maximum Gasteiger partial charge on any atom is 0.261 e. The number of carbonyl (C=O) groups excluding carboxylic acids is 1. The molecule has 5 heteroatoms. The second-order valence-corrected chi connectivity index (χ2v) is 4.03. The number of benzene rings is 1.